The summed E-state index contributed by atoms with van der Waals surface area (Å²) in [6, 6.07) is 24.7. The summed E-state index contributed by atoms with van der Waals surface area (Å²) in [4.78, 5) is 45.7. The van der Waals surface area contributed by atoms with Crippen LogP contribution in [0.1, 0.15) is 130 Å². The van der Waals surface area contributed by atoms with Crippen molar-refractivity contribution in [1.29, 1.82) is 0 Å². The van der Waals surface area contributed by atoms with Gasteiger partial charge in [0.1, 0.15) is 11.5 Å². The smallest absolute Gasteiger partial charge is 0.246 e. The Morgan fingerprint density at radius 3 is 1.86 bits per heavy atom. The molecule has 6 aliphatic rings. The van der Waals surface area contributed by atoms with Crippen molar-refractivity contribution in [2.24, 2.45) is 50.2 Å². The van der Waals surface area contributed by atoms with Gasteiger partial charge in [-0.15, -0.1) is 0 Å². The van der Waals surface area contributed by atoms with E-state index in [1.54, 1.807) is 31.9 Å². The average molecular weight is 958 g/mol. The highest BCUT2D eigenvalue weighted by atomic mass is 16.5. The largest absolute Gasteiger partial charge is 0.497 e. The maximum absolute atomic E-state index is 14.6. The zero-order chi connectivity index (χ0) is 50.1. The molecule has 4 aromatic carbocycles. The SMILES string of the molecule is COc1ccc2cc(/C=C/C(=O)NC3CC[C@]4(C)[C@H]5CC=C6[C@@H]7CC(C)(C)CC[C@]7(CC(=O)N7CCN(C(=O)/C=C/c8ccc9cc(OC)ccc9c8)CC7)CC[C@@]6(C)[C@]5(C)CC[C@H]4C3(C)C)ccc2c1. The molecule has 1 N–H and O–H groups in total. The molecule has 0 spiro atoms. The fraction of sp³-hybridized carbons (Fsp3) is 0.540. The number of piperazine rings is 1. The van der Waals surface area contributed by atoms with Crippen molar-refractivity contribution in [3.63, 3.8) is 0 Å². The molecular formula is C63H79N3O5. The van der Waals surface area contributed by atoms with Crippen LogP contribution in [0.5, 0.6) is 11.5 Å². The lowest BCUT2D eigenvalue weighted by molar-refractivity contribution is -0.187. The minimum Gasteiger partial charge on any atom is -0.497 e. The minimum absolute atomic E-state index is 0.00229. The zero-order valence-corrected chi connectivity index (χ0v) is 44.2. The summed E-state index contributed by atoms with van der Waals surface area (Å²) >= 11 is 0. The molecule has 0 aromatic heterocycles. The van der Waals surface area contributed by atoms with Crippen molar-refractivity contribution in [2.75, 3.05) is 40.4 Å². The molecule has 8 nitrogen and oxygen atoms in total. The Bertz CT molecular complexity index is 2830. The van der Waals surface area contributed by atoms with Gasteiger partial charge in [-0.05, 0) is 196 Å². The van der Waals surface area contributed by atoms with E-state index in [4.69, 9.17) is 9.47 Å². The first-order valence-electron chi connectivity index (χ1n) is 26.9. The number of allylic oxidation sites excluding steroid dienone is 2. The third kappa shape index (κ3) is 8.71. The van der Waals surface area contributed by atoms with Crippen LogP contribution in [0.2, 0.25) is 0 Å². The first kappa shape index (κ1) is 49.2. The van der Waals surface area contributed by atoms with E-state index in [1.807, 2.05) is 53.5 Å². The fourth-order valence-electron chi connectivity index (χ4n) is 16.1. The van der Waals surface area contributed by atoms with Gasteiger partial charge in [0.25, 0.3) is 0 Å². The standard InChI is InChI=1S/C63H79N3O5/c1-58(2)28-30-63(41-57(69)66-34-32-65(33-35-66)56(68)23-13-43-11-15-47-39-49(71-9)19-17-45(47)37-43)31-29-61(6)50(51(63)40-58)20-21-53-60(5)26-25-54(59(3,4)52(60)24-27-62(53,61)7)64-55(67)22-12-42-10-14-46-38-48(70-8)18-16-44(46)36-42/h10-20,22-23,36-39,51-54H,21,24-35,40-41H2,1-9H3,(H,64,67)/b22-12+,23-13+/t51-,52-,53+,54?,60-,61+,62+,63+/m0/s1. The van der Waals surface area contributed by atoms with Crippen LogP contribution in [0.3, 0.4) is 0 Å². The molecule has 10 rings (SSSR count). The highest BCUT2D eigenvalue weighted by Gasteiger charge is 2.68. The second-order valence-electron chi connectivity index (χ2n) is 25.0. The van der Waals surface area contributed by atoms with Crippen molar-refractivity contribution in [3.8, 4) is 11.5 Å². The molecule has 376 valence electrons. The molecule has 3 amide bonds. The third-order valence-corrected chi connectivity index (χ3v) is 20.6. The molecule has 1 aliphatic heterocycles. The van der Waals surface area contributed by atoms with E-state index in [2.05, 4.69) is 101 Å². The molecule has 0 bridgehead atoms. The summed E-state index contributed by atoms with van der Waals surface area (Å²) in [6.45, 7) is 20.0. The molecular weight excluding hydrogens is 879 g/mol. The quantitative estimate of drug-likeness (QED) is 0.133. The van der Waals surface area contributed by atoms with Gasteiger partial charge >= 0.3 is 0 Å². The minimum atomic E-state index is -0.0522. The molecule has 1 unspecified atom stereocenters. The number of fused-ring (bicyclic) bond motifs is 9. The summed E-state index contributed by atoms with van der Waals surface area (Å²) in [5.74, 6) is 3.39. The van der Waals surface area contributed by atoms with Crippen molar-refractivity contribution >= 4 is 51.4 Å². The fourth-order valence-corrected chi connectivity index (χ4v) is 16.1. The van der Waals surface area contributed by atoms with Crippen molar-refractivity contribution in [1.82, 2.24) is 15.1 Å². The van der Waals surface area contributed by atoms with Crippen molar-refractivity contribution < 1.29 is 23.9 Å². The van der Waals surface area contributed by atoms with Gasteiger partial charge in [0.05, 0.1) is 14.2 Å². The molecule has 4 saturated carbocycles. The summed E-state index contributed by atoms with van der Waals surface area (Å²) < 4.78 is 10.8. The van der Waals surface area contributed by atoms with Crippen LogP contribution in [-0.2, 0) is 14.4 Å². The van der Waals surface area contributed by atoms with E-state index in [-0.39, 0.29) is 56.3 Å². The second-order valence-corrected chi connectivity index (χ2v) is 25.0. The second kappa shape index (κ2) is 18.3. The number of rotatable bonds is 9. The van der Waals surface area contributed by atoms with Crippen LogP contribution >= 0.6 is 0 Å². The molecule has 5 aliphatic carbocycles. The highest BCUT2D eigenvalue weighted by Crippen LogP contribution is 2.76. The number of hydrogen-bond donors (Lipinski definition) is 1. The lowest BCUT2D eigenvalue weighted by atomic mass is 9.33. The van der Waals surface area contributed by atoms with Gasteiger partial charge in [0.15, 0.2) is 0 Å². The van der Waals surface area contributed by atoms with E-state index in [0.29, 0.717) is 50.4 Å². The van der Waals surface area contributed by atoms with Gasteiger partial charge in [-0.3, -0.25) is 14.4 Å². The maximum Gasteiger partial charge on any atom is 0.246 e. The number of hydrogen-bond acceptors (Lipinski definition) is 5. The van der Waals surface area contributed by atoms with E-state index >= 15 is 0 Å². The number of amides is 3. The number of benzene rings is 4. The predicted molar refractivity (Wildman–Crippen MR) is 288 cm³/mol. The number of carbonyl (C=O) groups excluding carboxylic acids is 3. The van der Waals surface area contributed by atoms with Crippen LogP contribution in [-0.4, -0.2) is 74.0 Å². The normalized spacial score (nSPS) is 32.1. The number of nitrogens with one attached hydrogen (secondary N) is 1. The highest BCUT2D eigenvalue weighted by molar-refractivity contribution is 5.94. The summed E-state index contributed by atoms with van der Waals surface area (Å²) in [5, 5.41) is 7.95. The lowest BCUT2D eigenvalue weighted by Gasteiger charge is -2.71. The molecule has 1 saturated heterocycles. The zero-order valence-electron chi connectivity index (χ0n) is 44.2. The van der Waals surface area contributed by atoms with Crippen molar-refractivity contribution in [2.45, 2.75) is 125 Å². The van der Waals surface area contributed by atoms with Gasteiger partial charge in [-0.1, -0.05) is 96.5 Å². The van der Waals surface area contributed by atoms with Crippen LogP contribution in [0.25, 0.3) is 33.7 Å². The van der Waals surface area contributed by atoms with Crippen LogP contribution in [0.15, 0.2) is 96.6 Å². The molecule has 8 atom stereocenters. The maximum atomic E-state index is 14.6. The number of methoxy groups -OCH3 is 2. The summed E-state index contributed by atoms with van der Waals surface area (Å²) in [7, 11) is 3.36. The van der Waals surface area contributed by atoms with E-state index in [9.17, 15) is 14.4 Å². The Balaban J connectivity index is 0.802. The van der Waals surface area contributed by atoms with Gasteiger partial charge in [-0.25, -0.2) is 0 Å². The Kier molecular flexibility index (Phi) is 12.7. The number of nitrogens with zero attached hydrogens (tertiary/aromatic N) is 2. The molecule has 1 heterocycles. The molecule has 71 heavy (non-hydrogen) atoms. The Morgan fingerprint density at radius 2 is 1.23 bits per heavy atom. The molecule has 0 radical (unpaired) electrons. The first-order chi connectivity index (χ1) is 33.8. The van der Waals surface area contributed by atoms with E-state index in [1.165, 1.54) is 12.8 Å². The first-order valence-corrected chi connectivity index (χ1v) is 26.9. The Hall–Kier alpha value is -5.37. The van der Waals surface area contributed by atoms with Gasteiger partial charge in [-0.2, -0.15) is 0 Å². The van der Waals surface area contributed by atoms with E-state index < -0.39 is 0 Å². The monoisotopic (exact) mass is 958 g/mol. The van der Waals surface area contributed by atoms with Crippen LogP contribution < -0.4 is 14.8 Å². The van der Waals surface area contributed by atoms with Gasteiger partial charge < -0.3 is 24.6 Å². The summed E-state index contributed by atoms with van der Waals surface area (Å²) in [5.41, 5.74) is 4.20. The van der Waals surface area contributed by atoms with Gasteiger partial charge in [0, 0.05) is 50.8 Å². The third-order valence-electron chi connectivity index (χ3n) is 20.6. The Morgan fingerprint density at radius 1 is 0.648 bits per heavy atom. The van der Waals surface area contributed by atoms with Crippen LogP contribution in [0.4, 0.5) is 0 Å². The number of carbonyl (C=O) groups is 3. The topological polar surface area (TPSA) is 88.2 Å². The average Bonchev–Trinajstić information content (AvgIpc) is 3.35. The van der Waals surface area contributed by atoms with Crippen LogP contribution in [0, 0.1) is 50.2 Å². The lowest BCUT2D eigenvalue weighted by Crippen LogP contribution is -2.66. The predicted octanol–water partition coefficient (Wildman–Crippen LogP) is 13.1. The Labute approximate surface area is 423 Å². The van der Waals surface area contributed by atoms with Gasteiger partial charge in [0.2, 0.25) is 17.7 Å². The summed E-state index contributed by atoms with van der Waals surface area (Å²) in [6.07, 6.45) is 21.8. The van der Waals surface area contributed by atoms with Crippen molar-refractivity contribution in [3.05, 3.63) is 108 Å². The van der Waals surface area contributed by atoms with E-state index in [0.717, 1.165) is 95.5 Å². The molecule has 5 fully saturated rings. The number of ether oxygens (including phenoxy) is 2. The molecule has 8 heteroatoms. The molecule has 4 aromatic rings.